The van der Waals surface area contributed by atoms with E-state index >= 15 is 0 Å². The van der Waals surface area contributed by atoms with Gasteiger partial charge in [-0.3, -0.25) is 4.40 Å². The molecule has 2 nitrogen and oxygen atoms in total. The third-order valence-electron chi connectivity index (χ3n) is 3.02. The molecule has 0 aliphatic carbocycles. The molecule has 2 heterocycles. The molecule has 0 atom stereocenters. The Balaban J connectivity index is 2.31. The summed E-state index contributed by atoms with van der Waals surface area (Å²) in [5.74, 6) is 1.02. The smallest absolute Gasteiger partial charge is 0.144 e. The molecule has 3 aromatic rings. The van der Waals surface area contributed by atoms with Crippen LogP contribution in [0.2, 0.25) is 0 Å². The first-order valence-electron chi connectivity index (χ1n) is 5.76. The van der Waals surface area contributed by atoms with Gasteiger partial charge in [0, 0.05) is 11.3 Å². The van der Waals surface area contributed by atoms with Gasteiger partial charge < -0.3 is 0 Å². The summed E-state index contributed by atoms with van der Waals surface area (Å²) in [4.78, 5) is 4.53. The number of aryl methyl sites for hydroxylation is 2. The number of aromatic nitrogens is 2. The highest BCUT2D eigenvalue weighted by Crippen LogP contribution is 2.21. The van der Waals surface area contributed by atoms with Crippen LogP contribution in [0.4, 0.5) is 0 Å². The van der Waals surface area contributed by atoms with Gasteiger partial charge in [-0.1, -0.05) is 29.8 Å². The minimum Gasteiger partial charge on any atom is -0.297 e. The molecule has 2 aromatic heterocycles. The minimum absolute atomic E-state index is 1.02. The van der Waals surface area contributed by atoms with Gasteiger partial charge >= 0.3 is 0 Å². The number of fused-ring (bicyclic) bond motifs is 1. The van der Waals surface area contributed by atoms with Gasteiger partial charge in [0.1, 0.15) is 5.82 Å². The molecular weight excluding hydrogens is 208 g/mol. The lowest BCUT2D eigenvalue weighted by Gasteiger charge is -2.05. The summed E-state index contributed by atoms with van der Waals surface area (Å²) < 4.78 is 2.19. The highest BCUT2D eigenvalue weighted by Gasteiger charge is 2.07. The number of imidazole rings is 1. The van der Waals surface area contributed by atoms with E-state index in [1.54, 1.807) is 0 Å². The van der Waals surface area contributed by atoms with Gasteiger partial charge in [-0.25, -0.2) is 4.98 Å². The summed E-state index contributed by atoms with van der Waals surface area (Å²) in [6.07, 6.45) is 1.92. The van der Waals surface area contributed by atoms with E-state index < -0.39 is 0 Å². The Bertz CT molecular complexity index is 680. The van der Waals surface area contributed by atoms with Crippen molar-refractivity contribution in [1.82, 2.24) is 9.38 Å². The summed E-state index contributed by atoms with van der Waals surface area (Å²) in [7, 11) is 0. The molecule has 0 fully saturated rings. The summed E-state index contributed by atoms with van der Waals surface area (Å²) >= 11 is 0. The monoisotopic (exact) mass is 222 g/mol. The third kappa shape index (κ3) is 1.62. The van der Waals surface area contributed by atoms with Crippen molar-refractivity contribution in [1.29, 1.82) is 0 Å². The normalized spacial score (nSPS) is 10.9. The van der Waals surface area contributed by atoms with Crippen molar-refractivity contribution in [2.45, 2.75) is 13.8 Å². The topological polar surface area (TPSA) is 17.3 Å². The molecule has 0 unspecified atom stereocenters. The lowest BCUT2D eigenvalue weighted by Crippen LogP contribution is -1.93. The Morgan fingerprint density at radius 2 is 1.82 bits per heavy atom. The Hall–Kier alpha value is -2.09. The van der Waals surface area contributed by atoms with E-state index in [9.17, 15) is 0 Å². The molecule has 0 bridgehead atoms. The number of pyridine rings is 1. The summed E-state index contributed by atoms with van der Waals surface area (Å²) in [6, 6.07) is 14.7. The molecule has 0 aliphatic rings. The zero-order chi connectivity index (χ0) is 11.8. The maximum atomic E-state index is 4.53. The number of nitrogens with zero attached hydrogens (tertiary/aromatic N) is 2. The second kappa shape index (κ2) is 3.74. The van der Waals surface area contributed by atoms with Crippen LogP contribution < -0.4 is 0 Å². The summed E-state index contributed by atoms with van der Waals surface area (Å²) in [6.45, 7) is 4.21. The van der Waals surface area contributed by atoms with E-state index in [0.717, 1.165) is 11.3 Å². The fourth-order valence-electron chi connectivity index (χ4n) is 2.20. The first kappa shape index (κ1) is 10.1. The molecule has 0 aliphatic heterocycles. The molecule has 0 radical (unpaired) electrons. The van der Waals surface area contributed by atoms with Gasteiger partial charge in [0.25, 0.3) is 0 Å². The van der Waals surface area contributed by atoms with Gasteiger partial charge in [0.05, 0.1) is 11.7 Å². The average Bonchev–Trinajstić information content (AvgIpc) is 2.74. The lowest BCUT2D eigenvalue weighted by molar-refractivity contribution is 1.08. The molecule has 0 saturated heterocycles. The highest BCUT2D eigenvalue weighted by atomic mass is 15.0. The predicted octanol–water partition coefficient (Wildman–Crippen LogP) is 3.62. The maximum Gasteiger partial charge on any atom is 0.144 e. The van der Waals surface area contributed by atoms with Gasteiger partial charge in [-0.2, -0.15) is 0 Å². The van der Waals surface area contributed by atoms with Crippen LogP contribution in [-0.4, -0.2) is 9.38 Å². The SMILES string of the molecule is Cc1cccc(-c2ncc3cccc(C)n23)c1. The summed E-state index contributed by atoms with van der Waals surface area (Å²) in [5.41, 5.74) is 4.77. The van der Waals surface area contributed by atoms with E-state index in [1.165, 1.54) is 16.8 Å². The zero-order valence-electron chi connectivity index (χ0n) is 10.0. The minimum atomic E-state index is 1.02. The molecule has 84 valence electrons. The second-order valence-corrected chi connectivity index (χ2v) is 4.38. The van der Waals surface area contributed by atoms with Crippen molar-refractivity contribution in [3.8, 4) is 11.4 Å². The van der Waals surface area contributed by atoms with Crippen LogP contribution in [0.3, 0.4) is 0 Å². The number of rotatable bonds is 1. The van der Waals surface area contributed by atoms with E-state index in [0.29, 0.717) is 0 Å². The Morgan fingerprint density at radius 3 is 2.65 bits per heavy atom. The van der Waals surface area contributed by atoms with Gasteiger partial charge in [-0.05, 0) is 32.0 Å². The van der Waals surface area contributed by atoms with Crippen LogP contribution >= 0.6 is 0 Å². The first-order chi connectivity index (χ1) is 8.25. The Morgan fingerprint density at radius 1 is 1.00 bits per heavy atom. The van der Waals surface area contributed by atoms with Gasteiger partial charge in [0.2, 0.25) is 0 Å². The van der Waals surface area contributed by atoms with Crippen molar-refractivity contribution in [3.63, 3.8) is 0 Å². The lowest BCUT2D eigenvalue weighted by atomic mass is 10.1. The number of hydrogen-bond donors (Lipinski definition) is 0. The molecule has 0 amide bonds. The molecule has 2 heteroatoms. The Kier molecular flexibility index (Phi) is 2.22. The van der Waals surface area contributed by atoms with Crippen molar-refractivity contribution >= 4 is 5.52 Å². The van der Waals surface area contributed by atoms with Crippen LogP contribution in [0.25, 0.3) is 16.9 Å². The molecule has 0 spiro atoms. The molecule has 3 rings (SSSR count). The average molecular weight is 222 g/mol. The van der Waals surface area contributed by atoms with Crippen LogP contribution in [-0.2, 0) is 0 Å². The largest absolute Gasteiger partial charge is 0.297 e. The highest BCUT2D eigenvalue weighted by molar-refractivity contribution is 5.63. The third-order valence-corrected chi connectivity index (χ3v) is 3.02. The van der Waals surface area contributed by atoms with Crippen LogP contribution in [0.5, 0.6) is 0 Å². The van der Waals surface area contributed by atoms with E-state index in [4.69, 9.17) is 0 Å². The zero-order valence-corrected chi connectivity index (χ0v) is 10.0. The molecule has 1 aromatic carbocycles. The predicted molar refractivity (Wildman–Crippen MR) is 70.1 cm³/mol. The second-order valence-electron chi connectivity index (χ2n) is 4.38. The van der Waals surface area contributed by atoms with E-state index in [-0.39, 0.29) is 0 Å². The molecule has 0 N–H and O–H groups in total. The van der Waals surface area contributed by atoms with E-state index in [1.807, 2.05) is 6.20 Å². The van der Waals surface area contributed by atoms with Crippen LogP contribution in [0.1, 0.15) is 11.3 Å². The van der Waals surface area contributed by atoms with Crippen LogP contribution in [0.15, 0.2) is 48.7 Å². The fourth-order valence-corrected chi connectivity index (χ4v) is 2.20. The van der Waals surface area contributed by atoms with Crippen molar-refractivity contribution in [3.05, 3.63) is 59.9 Å². The first-order valence-corrected chi connectivity index (χ1v) is 5.76. The quantitative estimate of drug-likeness (QED) is 0.614. The van der Waals surface area contributed by atoms with Crippen molar-refractivity contribution < 1.29 is 0 Å². The molecule has 17 heavy (non-hydrogen) atoms. The Labute approximate surface area is 101 Å². The standard InChI is InChI=1S/C15H14N2/c1-11-5-3-7-13(9-11)15-16-10-14-8-4-6-12(2)17(14)15/h3-10H,1-2H3. The summed E-state index contributed by atoms with van der Waals surface area (Å²) in [5, 5.41) is 0. The van der Waals surface area contributed by atoms with Gasteiger partial charge in [-0.15, -0.1) is 0 Å². The fraction of sp³-hybridized carbons (Fsp3) is 0.133. The van der Waals surface area contributed by atoms with Crippen molar-refractivity contribution in [2.75, 3.05) is 0 Å². The molecular formula is C15H14N2. The number of hydrogen-bond acceptors (Lipinski definition) is 1. The van der Waals surface area contributed by atoms with Gasteiger partial charge in [0.15, 0.2) is 0 Å². The van der Waals surface area contributed by atoms with Crippen LogP contribution in [0, 0.1) is 13.8 Å². The van der Waals surface area contributed by atoms with Crippen molar-refractivity contribution in [2.24, 2.45) is 0 Å². The molecule has 0 saturated carbocycles. The maximum absolute atomic E-state index is 4.53. The number of benzene rings is 1. The van der Waals surface area contributed by atoms with E-state index in [2.05, 4.69) is 65.7 Å².